The van der Waals surface area contributed by atoms with E-state index in [0.29, 0.717) is 43.7 Å². The molecule has 1 saturated heterocycles. The monoisotopic (exact) mass is 458 g/mol. The van der Waals surface area contributed by atoms with E-state index in [1.54, 1.807) is 49.9 Å². The topological polar surface area (TPSA) is 92.8 Å². The minimum absolute atomic E-state index is 0.208. The predicted molar refractivity (Wildman–Crippen MR) is 123 cm³/mol. The highest BCUT2D eigenvalue weighted by molar-refractivity contribution is 7.92. The Kier molecular flexibility index (Phi) is 7.23. The summed E-state index contributed by atoms with van der Waals surface area (Å²) in [5, 5.41) is 0. The number of para-hydroxylation sites is 1. The van der Waals surface area contributed by atoms with Gasteiger partial charge in [-0.15, -0.1) is 0 Å². The van der Waals surface area contributed by atoms with Gasteiger partial charge in [-0.05, 0) is 63.8 Å². The quantitative estimate of drug-likeness (QED) is 0.664. The van der Waals surface area contributed by atoms with Crippen LogP contribution in [0.5, 0.6) is 0 Å². The number of nitrogens with one attached hydrogen (secondary N) is 1. The molecule has 1 heterocycles. The van der Waals surface area contributed by atoms with E-state index in [-0.39, 0.29) is 33.9 Å². The van der Waals surface area contributed by atoms with Crippen molar-refractivity contribution in [3.05, 3.63) is 58.7 Å². The predicted octanol–water partition coefficient (Wildman–Crippen LogP) is 3.83. The molecule has 1 aliphatic heterocycles. The molecule has 2 aromatic rings. The fraction of sp³-hybridized carbons (Fsp3) is 0.417. The lowest BCUT2D eigenvalue weighted by atomic mass is 9.96. The third-order valence-corrected chi connectivity index (χ3v) is 7.35. The van der Waals surface area contributed by atoms with Crippen molar-refractivity contribution in [1.29, 1.82) is 0 Å². The number of ether oxygens (including phenoxy) is 1. The van der Waals surface area contributed by atoms with Crippen molar-refractivity contribution in [2.24, 2.45) is 5.92 Å². The molecule has 0 aliphatic carbocycles. The molecule has 0 spiro atoms. The number of hydrogen-bond donors (Lipinski definition) is 1. The van der Waals surface area contributed by atoms with Gasteiger partial charge >= 0.3 is 5.97 Å². The van der Waals surface area contributed by atoms with Gasteiger partial charge in [0.1, 0.15) is 0 Å². The Bertz CT molecular complexity index is 1100. The highest BCUT2D eigenvalue weighted by atomic mass is 32.2. The first-order valence-electron chi connectivity index (χ1n) is 10.8. The second-order valence-electron chi connectivity index (χ2n) is 8.20. The van der Waals surface area contributed by atoms with E-state index in [1.807, 2.05) is 19.1 Å². The molecule has 1 fully saturated rings. The van der Waals surface area contributed by atoms with E-state index in [4.69, 9.17) is 4.74 Å². The number of likely N-dealkylation sites (tertiary alicyclic amines) is 1. The Labute approximate surface area is 189 Å². The van der Waals surface area contributed by atoms with Crippen LogP contribution in [0.2, 0.25) is 0 Å². The summed E-state index contributed by atoms with van der Waals surface area (Å²) in [6.45, 7) is 8.39. The summed E-state index contributed by atoms with van der Waals surface area (Å²) in [5.74, 6) is -0.695. The average Bonchev–Trinajstić information content (AvgIpc) is 2.72. The van der Waals surface area contributed by atoms with Crippen LogP contribution in [0.25, 0.3) is 0 Å². The van der Waals surface area contributed by atoms with Crippen molar-refractivity contribution in [2.45, 2.75) is 45.4 Å². The Morgan fingerprint density at radius 1 is 1.06 bits per heavy atom. The van der Waals surface area contributed by atoms with Crippen molar-refractivity contribution < 1.29 is 22.7 Å². The van der Waals surface area contributed by atoms with E-state index in [1.165, 1.54) is 0 Å². The molecular weight excluding hydrogens is 428 g/mol. The number of sulfonamides is 1. The maximum absolute atomic E-state index is 13.2. The van der Waals surface area contributed by atoms with Crippen LogP contribution in [0.1, 0.15) is 46.8 Å². The maximum Gasteiger partial charge on any atom is 0.309 e. The third-order valence-electron chi connectivity index (χ3n) is 5.68. The Balaban J connectivity index is 1.81. The van der Waals surface area contributed by atoms with Crippen LogP contribution in [-0.4, -0.2) is 44.9 Å². The number of carbonyl (C=O) groups excluding carboxylic acids is 2. The SMILES string of the molecule is CCOC(=O)C1CCN(C(=O)c2ccccc2NS(=O)(=O)c2c(C)cc(C)cc2C)CC1. The first-order valence-corrected chi connectivity index (χ1v) is 12.3. The van der Waals surface area contributed by atoms with E-state index in [2.05, 4.69) is 4.72 Å². The molecule has 0 radical (unpaired) electrons. The molecule has 1 aliphatic rings. The molecule has 7 nitrogen and oxygen atoms in total. The Hall–Kier alpha value is -2.87. The lowest BCUT2D eigenvalue weighted by Crippen LogP contribution is -2.41. The van der Waals surface area contributed by atoms with Crippen LogP contribution in [0, 0.1) is 26.7 Å². The highest BCUT2D eigenvalue weighted by Crippen LogP contribution is 2.28. The number of carbonyl (C=O) groups is 2. The normalized spacial score (nSPS) is 14.8. The fourth-order valence-corrected chi connectivity index (χ4v) is 5.83. The molecular formula is C24H30N2O5S. The Morgan fingerprint density at radius 3 is 2.25 bits per heavy atom. The number of anilines is 1. The van der Waals surface area contributed by atoms with Crippen molar-refractivity contribution in [3.63, 3.8) is 0 Å². The molecule has 3 rings (SSSR count). The van der Waals surface area contributed by atoms with Crippen LogP contribution in [0.15, 0.2) is 41.3 Å². The third kappa shape index (κ3) is 5.12. The molecule has 8 heteroatoms. The summed E-state index contributed by atoms with van der Waals surface area (Å²) in [7, 11) is -3.89. The summed E-state index contributed by atoms with van der Waals surface area (Å²) < 4.78 is 34.1. The first kappa shape index (κ1) is 23.8. The van der Waals surface area contributed by atoms with Gasteiger partial charge in [0, 0.05) is 13.1 Å². The highest BCUT2D eigenvalue weighted by Gasteiger charge is 2.30. The van der Waals surface area contributed by atoms with Gasteiger partial charge in [0.15, 0.2) is 0 Å². The molecule has 0 bridgehead atoms. The van der Waals surface area contributed by atoms with Gasteiger partial charge < -0.3 is 9.64 Å². The zero-order valence-electron chi connectivity index (χ0n) is 19.0. The van der Waals surface area contributed by atoms with Crippen LogP contribution < -0.4 is 4.72 Å². The summed E-state index contributed by atoms with van der Waals surface area (Å²) in [5.41, 5.74) is 2.82. The molecule has 0 aromatic heterocycles. The van der Waals surface area contributed by atoms with Crippen molar-refractivity contribution in [3.8, 4) is 0 Å². The van der Waals surface area contributed by atoms with Gasteiger partial charge in [0.2, 0.25) is 0 Å². The zero-order valence-corrected chi connectivity index (χ0v) is 19.8. The number of piperidine rings is 1. The number of rotatable bonds is 6. The lowest BCUT2D eigenvalue weighted by molar-refractivity contribution is -0.149. The largest absolute Gasteiger partial charge is 0.466 e. The smallest absolute Gasteiger partial charge is 0.309 e. The van der Waals surface area contributed by atoms with Crippen molar-refractivity contribution in [1.82, 2.24) is 4.90 Å². The number of esters is 1. The zero-order chi connectivity index (χ0) is 23.5. The molecule has 0 unspecified atom stereocenters. The second kappa shape index (κ2) is 9.73. The summed E-state index contributed by atoms with van der Waals surface area (Å²) in [6, 6.07) is 10.3. The fourth-order valence-electron chi connectivity index (χ4n) is 4.29. The summed E-state index contributed by atoms with van der Waals surface area (Å²) in [4.78, 5) is 27.0. The van der Waals surface area contributed by atoms with Gasteiger partial charge in [0.05, 0.1) is 28.7 Å². The molecule has 0 atom stereocenters. The molecule has 1 amide bonds. The van der Waals surface area contributed by atoms with Gasteiger partial charge in [0.25, 0.3) is 15.9 Å². The lowest BCUT2D eigenvalue weighted by Gasteiger charge is -2.31. The van der Waals surface area contributed by atoms with Gasteiger partial charge in [-0.3, -0.25) is 14.3 Å². The van der Waals surface area contributed by atoms with E-state index < -0.39 is 10.0 Å². The molecule has 32 heavy (non-hydrogen) atoms. The summed E-state index contributed by atoms with van der Waals surface area (Å²) in [6.07, 6.45) is 1.06. The molecule has 172 valence electrons. The molecule has 2 aromatic carbocycles. The van der Waals surface area contributed by atoms with Crippen LogP contribution >= 0.6 is 0 Å². The maximum atomic E-state index is 13.2. The van der Waals surface area contributed by atoms with E-state index in [0.717, 1.165) is 5.56 Å². The molecule has 1 N–H and O–H groups in total. The van der Waals surface area contributed by atoms with Crippen LogP contribution in [0.3, 0.4) is 0 Å². The Morgan fingerprint density at radius 2 is 1.66 bits per heavy atom. The summed E-state index contributed by atoms with van der Waals surface area (Å²) >= 11 is 0. The standard InChI is InChI=1S/C24H30N2O5S/c1-5-31-24(28)19-10-12-26(13-11-19)23(27)20-8-6-7-9-21(20)25-32(29,30)22-17(3)14-16(2)15-18(22)4/h6-9,14-15,19,25H,5,10-13H2,1-4H3. The van der Waals surface area contributed by atoms with E-state index >= 15 is 0 Å². The minimum atomic E-state index is -3.89. The number of benzene rings is 2. The van der Waals surface area contributed by atoms with Crippen molar-refractivity contribution in [2.75, 3.05) is 24.4 Å². The number of nitrogens with zero attached hydrogens (tertiary/aromatic N) is 1. The molecule has 0 saturated carbocycles. The number of hydrogen-bond acceptors (Lipinski definition) is 5. The van der Waals surface area contributed by atoms with Gasteiger partial charge in [-0.25, -0.2) is 8.42 Å². The van der Waals surface area contributed by atoms with Gasteiger partial charge in [-0.1, -0.05) is 29.8 Å². The van der Waals surface area contributed by atoms with Gasteiger partial charge in [-0.2, -0.15) is 0 Å². The van der Waals surface area contributed by atoms with Crippen LogP contribution in [0.4, 0.5) is 5.69 Å². The second-order valence-corrected chi connectivity index (χ2v) is 9.82. The first-order chi connectivity index (χ1) is 15.1. The van der Waals surface area contributed by atoms with Crippen LogP contribution in [-0.2, 0) is 19.6 Å². The minimum Gasteiger partial charge on any atom is -0.466 e. The number of aryl methyl sites for hydroxylation is 3. The van der Waals surface area contributed by atoms with E-state index in [9.17, 15) is 18.0 Å². The number of amides is 1. The van der Waals surface area contributed by atoms with Crippen molar-refractivity contribution >= 4 is 27.6 Å². The average molecular weight is 459 g/mol.